The van der Waals surface area contributed by atoms with Crippen LogP contribution in [0.3, 0.4) is 0 Å². The van der Waals surface area contributed by atoms with Crippen molar-refractivity contribution in [2.75, 3.05) is 54.1 Å². The number of benzene rings is 1. The topological polar surface area (TPSA) is 94.3 Å². The van der Waals surface area contributed by atoms with Gasteiger partial charge in [-0.15, -0.1) is 12.4 Å². The maximum atomic E-state index is 12.7. The zero-order valence-corrected chi connectivity index (χ0v) is 16.8. The van der Waals surface area contributed by atoms with E-state index >= 15 is 0 Å². The quantitative estimate of drug-likeness (QED) is 0.725. The third kappa shape index (κ3) is 5.72. The van der Waals surface area contributed by atoms with Gasteiger partial charge < -0.3 is 29.7 Å². The van der Waals surface area contributed by atoms with Crippen LogP contribution in [0.4, 0.5) is 0 Å². The van der Waals surface area contributed by atoms with Gasteiger partial charge in [0.25, 0.3) is 5.91 Å². The van der Waals surface area contributed by atoms with E-state index in [1.165, 1.54) is 7.11 Å². The molecule has 27 heavy (non-hydrogen) atoms. The third-order valence-corrected chi connectivity index (χ3v) is 4.55. The Kier molecular flexibility index (Phi) is 9.34. The lowest BCUT2D eigenvalue weighted by molar-refractivity contribution is -0.135. The van der Waals surface area contributed by atoms with E-state index in [2.05, 4.69) is 0 Å². The zero-order chi connectivity index (χ0) is 19.1. The number of nitrogens with zero attached hydrogens (tertiary/aromatic N) is 2. The van der Waals surface area contributed by atoms with Crippen LogP contribution in [-0.2, 0) is 9.53 Å². The maximum Gasteiger partial charge on any atom is 0.254 e. The largest absolute Gasteiger partial charge is 0.493 e. The Morgan fingerprint density at radius 3 is 2.15 bits per heavy atom. The molecule has 0 saturated carbocycles. The molecule has 0 aromatic heterocycles. The molecule has 1 aliphatic heterocycles. The summed E-state index contributed by atoms with van der Waals surface area (Å²) >= 11 is 0. The summed E-state index contributed by atoms with van der Waals surface area (Å²) in [5, 5.41) is 0. The maximum absolute atomic E-state index is 12.7. The van der Waals surface area contributed by atoms with Crippen LogP contribution >= 0.6 is 12.4 Å². The second-order valence-electron chi connectivity index (χ2n) is 6.04. The molecule has 1 aliphatic rings. The lowest BCUT2D eigenvalue weighted by atomic mass is 10.1. The van der Waals surface area contributed by atoms with Crippen LogP contribution in [0, 0.1) is 0 Å². The van der Waals surface area contributed by atoms with Gasteiger partial charge in [-0.1, -0.05) is 0 Å². The number of piperazine rings is 1. The lowest BCUT2D eigenvalue weighted by Crippen LogP contribution is -2.51. The van der Waals surface area contributed by atoms with E-state index in [1.807, 2.05) is 0 Å². The molecule has 1 unspecified atom stereocenters. The highest BCUT2D eigenvalue weighted by molar-refractivity contribution is 5.95. The van der Waals surface area contributed by atoms with Gasteiger partial charge in [-0.05, 0) is 18.2 Å². The first-order valence-electron chi connectivity index (χ1n) is 8.56. The Morgan fingerprint density at radius 1 is 1.04 bits per heavy atom. The zero-order valence-electron chi connectivity index (χ0n) is 16.0. The summed E-state index contributed by atoms with van der Waals surface area (Å²) in [6.45, 7) is 2.27. The summed E-state index contributed by atoms with van der Waals surface area (Å²) in [6.07, 6.45) is -0.00897. The van der Waals surface area contributed by atoms with Crippen molar-refractivity contribution < 1.29 is 23.8 Å². The fraction of sp³-hybridized carbons (Fsp3) is 0.556. The SMILES string of the molecule is COc1ccc(C(=O)N2CCN(C(=O)CC(CN)OC)CC2)cc1OC.Cl. The number of halogens is 1. The third-order valence-electron chi connectivity index (χ3n) is 4.55. The van der Waals surface area contributed by atoms with E-state index in [0.717, 1.165) is 0 Å². The monoisotopic (exact) mass is 401 g/mol. The number of amides is 2. The van der Waals surface area contributed by atoms with Crippen LogP contribution in [0.1, 0.15) is 16.8 Å². The summed E-state index contributed by atoms with van der Waals surface area (Å²) in [4.78, 5) is 28.5. The van der Waals surface area contributed by atoms with Crippen LogP contribution < -0.4 is 15.2 Å². The van der Waals surface area contributed by atoms with E-state index in [1.54, 1.807) is 42.2 Å². The molecule has 1 fully saturated rings. The van der Waals surface area contributed by atoms with Crippen molar-refractivity contribution in [3.63, 3.8) is 0 Å². The van der Waals surface area contributed by atoms with Crippen molar-refractivity contribution in [3.8, 4) is 11.5 Å². The smallest absolute Gasteiger partial charge is 0.254 e. The number of rotatable bonds is 7. The van der Waals surface area contributed by atoms with Gasteiger partial charge in [0.2, 0.25) is 5.91 Å². The van der Waals surface area contributed by atoms with Gasteiger partial charge >= 0.3 is 0 Å². The van der Waals surface area contributed by atoms with Crippen LogP contribution in [0.15, 0.2) is 18.2 Å². The van der Waals surface area contributed by atoms with Crippen molar-refractivity contribution in [2.24, 2.45) is 5.73 Å². The molecule has 1 saturated heterocycles. The van der Waals surface area contributed by atoms with Crippen LogP contribution in [0.5, 0.6) is 11.5 Å². The van der Waals surface area contributed by atoms with E-state index in [4.69, 9.17) is 19.9 Å². The fourth-order valence-electron chi connectivity index (χ4n) is 2.90. The van der Waals surface area contributed by atoms with Gasteiger partial charge in [0, 0.05) is 45.4 Å². The normalized spacial score (nSPS) is 15.0. The number of hydrogen-bond donors (Lipinski definition) is 1. The molecule has 9 heteroatoms. The molecule has 2 rings (SSSR count). The molecule has 1 atom stereocenters. The second-order valence-corrected chi connectivity index (χ2v) is 6.04. The Hall–Kier alpha value is -2.03. The Morgan fingerprint density at radius 2 is 1.63 bits per heavy atom. The van der Waals surface area contributed by atoms with Gasteiger partial charge in [-0.2, -0.15) is 0 Å². The summed E-state index contributed by atoms with van der Waals surface area (Å²) in [7, 11) is 4.63. The molecular formula is C18H28ClN3O5. The molecule has 2 amide bonds. The van der Waals surface area contributed by atoms with E-state index in [-0.39, 0.29) is 36.7 Å². The van der Waals surface area contributed by atoms with Gasteiger partial charge in [0.15, 0.2) is 11.5 Å². The molecule has 0 aliphatic carbocycles. The van der Waals surface area contributed by atoms with Crippen molar-refractivity contribution in [1.82, 2.24) is 9.80 Å². The molecule has 0 bridgehead atoms. The minimum Gasteiger partial charge on any atom is -0.493 e. The predicted octanol–water partition coefficient (Wildman–Crippen LogP) is 0.774. The van der Waals surface area contributed by atoms with E-state index < -0.39 is 0 Å². The summed E-state index contributed by atoms with van der Waals surface area (Å²) in [5.74, 6) is 1.00. The Bertz CT molecular complexity index is 631. The number of methoxy groups -OCH3 is 3. The van der Waals surface area contributed by atoms with Crippen LogP contribution in [-0.4, -0.2) is 81.8 Å². The van der Waals surface area contributed by atoms with Crippen LogP contribution in [0.25, 0.3) is 0 Å². The van der Waals surface area contributed by atoms with Crippen molar-refractivity contribution in [2.45, 2.75) is 12.5 Å². The first-order valence-corrected chi connectivity index (χ1v) is 8.56. The summed E-state index contributed by atoms with van der Waals surface area (Å²) in [5.41, 5.74) is 6.10. The van der Waals surface area contributed by atoms with Crippen molar-refractivity contribution >= 4 is 24.2 Å². The molecular weight excluding hydrogens is 374 g/mol. The Labute approximate surface area is 165 Å². The highest BCUT2D eigenvalue weighted by atomic mass is 35.5. The lowest BCUT2D eigenvalue weighted by Gasteiger charge is -2.35. The molecule has 1 heterocycles. The first-order chi connectivity index (χ1) is 12.5. The van der Waals surface area contributed by atoms with Gasteiger partial charge in [0.05, 0.1) is 26.7 Å². The molecule has 152 valence electrons. The number of ether oxygens (including phenoxy) is 3. The van der Waals surface area contributed by atoms with Gasteiger partial charge in [-0.3, -0.25) is 9.59 Å². The highest BCUT2D eigenvalue weighted by Gasteiger charge is 2.26. The van der Waals surface area contributed by atoms with Crippen molar-refractivity contribution in [3.05, 3.63) is 23.8 Å². The molecule has 0 radical (unpaired) electrons. The second kappa shape index (κ2) is 11.0. The first kappa shape index (κ1) is 23.0. The fourth-order valence-corrected chi connectivity index (χ4v) is 2.90. The molecule has 0 spiro atoms. The molecule has 1 aromatic rings. The number of nitrogens with two attached hydrogens (primary N) is 1. The van der Waals surface area contributed by atoms with Crippen molar-refractivity contribution in [1.29, 1.82) is 0 Å². The highest BCUT2D eigenvalue weighted by Crippen LogP contribution is 2.28. The number of hydrogen-bond acceptors (Lipinski definition) is 6. The average molecular weight is 402 g/mol. The predicted molar refractivity (Wildman–Crippen MR) is 104 cm³/mol. The molecule has 8 nitrogen and oxygen atoms in total. The van der Waals surface area contributed by atoms with Crippen LogP contribution in [0.2, 0.25) is 0 Å². The van der Waals surface area contributed by atoms with Gasteiger partial charge in [-0.25, -0.2) is 0 Å². The van der Waals surface area contributed by atoms with E-state index in [9.17, 15) is 9.59 Å². The molecule has 1 aromatic carbocycles. The molecule has 2 N–H and O–H groups in total. The minimum absolute atomic E-state index is 0. The standard InChI is InChI=1S/C18H27N3O5.ClH/c1-24-14(12-19)11-17(22)20-6-8-21(9-7-20)18(23)13-4-5-15(25-2)16(10-13)26-3;/h4-5,10,14H,6-9,11-12,19H2,1-3H3;1H. The summed E-state index contributed by atoms with van der Waals surface area (Å²) in [6, 6.07) is 5.10. The number of carbonyl (C=O) groups is 2. The summed E-state index contributed by atoms with van der Waals surface area (Å²) < 4.78 is 15.6. The minimum atomic E-state index is -0.270. The average Bonchev–Trinajstić information content (AvgIpc) is 2.70. The Balaban J connectivity index is 0.00000364. The number of carbonyl (C=O) groups excluding carboxylic acids is 2. The van der Waals surface area contributed by atoms with Gasteiger partial charge in [0.1, 0.15) is 0 Å². The van der Waals surface area contributed by atoms with E-state index in [0.29, 0.717) is 49.8 Å².